The number of nitrogens with zero attached hydrogens (tertiary/aromatic N) is 2. The number of carbonyl (C=O) groups is 1. The number of pyridine rings is 1. The second-order valence-electron chi connectivity index (χ2n) is 6.84. The van der Waals surface area contributed by atoms with Crippen LogP contribution in [0.4, 0.5) is 0 Å². The van der Waals surface area contributed by atoms with Crippen LogP contribution in [0.3, 0.4) is 0 Å². The van der Waals surface area contributed by atoms with Gasteiger partial charge in [-0.25, -0.2) is 0 Å². The standard InChI is InChI=1S/C25H22Cl2N2OS/c1-19(16-22-23(26)11-7-12-24(22)27)31-15-13-25(30)29(17-20-8-3-2-4-9-20)18-21-10-5-6-14-28-21/h2-15H,1,16-18H2/b15-13+. The molecule has 0 saturated heterocycles. The molecule has 1 aromatic heterocycles. The lowest BCUT2D eigenvalue weighted by Gasteiger charge is -2.21. The van der Waals surface area contributed by atoms with E-state index in [9.17, 15) is 4.79 Å². The number of hydrogen-bond acceptors (Lipinski definition) is 3. The van der Waals surface area contributed by atoms with Gasteiger partial charge in [-0.1, -0.05) is 72.2 Å². The summed E-state index contributed by atoms with van der Waals surface area (Å²) in [7, 11) is 0. The van der Waals surface area contributed by atoms with E-state index in [2.05, 4.69) is 11.6 Å². The lowest BCUT2D eigenvalue weighted by atomic mass is 10.1. The van der Waals surface area contributed by atoms with Crippen LogP contribution in [-0.4, -0.2) is 15.8 Å². The highest BCUT2D eigenvalue weighted by atomic mass is 35.5. The zero-order valence-corrected chi connectivity index (χ0v) is 19.2. The van der Waals surface area contributed by atoms with E-state index >= 15 is 0 Å². The average molecular weight is 469 g/mol. The van der Waals surface area contributed by atoms with Crippen LogP contribution in [0.2, 0.25) is 10.0 Å². The number of thioether (sulfide) groups is 1. The van der Waals surface area contributed by atoms with Crippen LogP contribution in [-0.2, 0) is 24.3 Å². The lowest BCUT2D eigenvalue weighted by molar-refractivity contribution is -0.127. The summed E-state index contributed by atoms with van der Waals surface area (Å²) in [5, 5.41) is 2.98. The molecule has 6 heteroatoms. The molecule has 158 valence electrons. The number of benzene rings is 2. The highest BCUT2D eigenvalue weighted by molar-refractivity contribution is 8.05. The zero-order valence-electron chi connectivity index (χ0n) is 16.9. The summed E-state index contributed by atoms with van der Waals surface area (Å²) in [6.07, 6.45) is 3.83. The fraction of sp³-hybridized carbons (Fsp3) is 0.120. The fourth-order valence-corrected chi connectivity index (χ4v) is 4.07. The minimum absolute atomic E-state index is 0.0921. The molecule has 0 saturated carbocycles. The van der Waals surface area contributed by atoms with Gasteiger partial charge in [0.15, 0.2) is 0 Å². The topological polar surface area (TPSA) is 33.2 Å². The van der Waals surface area contributed by atoms with Gasteiger partial charge in [0.2, 0.25) is 5.91 Å². The van der Waals surface area contributed by atoms with Gasteiger partial charge in [-0.15, -0.1) is 11.8 Å². The Kier molecular flexibility index (Phi) is 8.77. The van der Waals surface area contributed by atoms with Crippen molar-refractivity contribution >= 4 is 40.9 Å². The largest absolute Gasteiger partial charge is 0.329 e. The molecule has 0 atom stereocenters. The quantitative estimate of drug-likeness (QED) is 0.319. The van der Waals surface area contributed by atoms with E-state index in [1.807, 2.05) is 54.6 Å². The molecule has 0 N–H and O–H groups in total. The lowest BCUT2D eigenvalue weighted by Crippen LogP contribution is -2.28. The zero-order chi connectivity index (χ0) is 22.1. The molecule has 0 aliphatic heterocycles. The smallest absolute Gasteiger partial charge is 0.247 e. The number of hydrogen-bond donors (Lipinski definition) is 0. The van der Waals surface area contributed by atoms with Crippen LogP contribution in [0.15, 0.2) is 95.9 Å². The number of aromatic nitrogens is 1. The average Bonchev–Trinajstić information content (AvgIpc) is 2.77. The Labute approximate surface area is 197 Å². The molecular weight excluding hydrogens is 447 g/mol. The van der Waals surface area contributed by atoms with Crippen molar-refractivity contribution in [2.75, 3.05) is 0 Å². The molecule has 31 heavy (non-hydrogen) atoms. The molecule has 2 aromatic carbocycles. The summed E-state index contributed by atoms with van der Waals surface area (Å²) in [5.74, 6) is -0.0921. The van der Waals surface area contributed by atoms with Gasteiger partial charge >= 0.3 is 0 Å². The molecule has 1 heterocycles. The van der Waals surface area contributed by atoms with Gasteiger partial charge in [-0.2, -0.15) is 0 Å². The maximum absolute atomic E-state index is 12.9. The Morgan fingerprint density at radius 3 is 2.35 bits per heavy atom. The number of carbonyl (C=O) groups excluding carboxylic acids is 1. The molecule has 3 aromatic rings. The summed E-state index contributed by atoms with van der Waals surface area (Å²) >= 11 is 13.9. The van der Waals surface area contributed by atoms with Gasteiger partial charge in [0, 0.05) is 35.3 Å². The van der Waals surface area contributed by atoms with Crippen molar-refractivity contribution in [3.05, 3.63) is 123 Å². The Bertz CT molecular complexity index is 994. The second kappa shape index (κ2) is 11.8. The van der Waals surface area contributed by atoms with E-state index in [1.165, 1.54) is 11.8 Å². The number of amides is 1. The normalized spacial score (nSPS) is 10.9. The van der Waals surface area contributed by atoms with Gasteiger partial charge in [0.1, 0.15) is 0 Å². The first-order chi connectivity index (χ1) is 15.0. The molecular formula is C25H22Cl2N2OS. The van der Waals surface area contributed by atoms with Crippen molar-refractivity contribution in [2.24, 2.45) is 0 Å². The monoisotopic (exact) mass is 468 g/mol. The van der Waals surface area contributed by atoms with Crippen molar-refractivity contribution in [3.63, 3.8) is 0 Å². The molecule has 0 spiro atoms. The molecule has 0 aliphatic carbocycles. The summed E-state index contributed by atoms with van der Waals surface area (Å²) in [4.78, 5) is 19.9. The van der Waals surface area contributed by atoms with Gasteiger partial charge in [-0.05, 0) is 45.7 Å². The third kappa shape index (κ3) is 7.28. The summed E-state index contributed by atoms with van der Waals surface area (Å²) in [6, 6.07) is 21.0. The maximum atomic E-state index is 12.9. The van der Waals surface area contributed by atoms with Gasteiger partial charge in [0.05, 0.1) is 12.2 Å². The van der Waals surface area contributed by atoms with E-state index < -0.39 is 0 Å². The molecule has 3 nitrogen and oxygen atoms in total. The summed E-state index contributed by atoms with van der Waals surface area (Å²) in [5.41, 5.74) is 2.74. The van der Waals surface area contributed by atoms with E-state index in [0.717, 1.165) is 21.7 Å². The second-order valence-corrected chi connectivity index (χ2v) is 8.74. The minimum atomic E-state index is -0.0921. The Hall–Kier alpha value is -2.53. The van der Waals surface area contributed by atoms with E-state index in [-0.39, 0.29) is 5.91 Å². The first kappa shape index (κ1) is 23.1. The fourth-order valence-electron chi connectivity index (χ4n) is 2.94. The predicted octanol–water partition coefficient (Wildman–Crippen LogP) is 6.92. The number of allylic oxidation sites excluding steroid dienone is 1. The van der Waals surface area contributed by atoms with E-state index in [4.69, 9.17) is 23.2 Å². The highest BCUT2D eigenvalue weighted by Gasteiger charge is 2.13. The minimum Gasteiger partial charge on any atom is -0.329 e. The van der Waals surface area contributed by atoms with Crippen LogP contribution < -0.4 is 0 Å². The van der Waals surface area contributed by atoms with Crippen LogP contribution in [0.5, 0.6) is 0 Å². The van der Waals surface area contributed by atoms with Crippen molar-refractivity contribution in [1.82, 2.24) is 9.88 Å². The Balaban J connectivity index is 1.64. The van der Waals surface area contributed by atoms with Gasteiger partial charge < -0.3 is 4.90 Å². The number of halogens is 2. The van der Waals surface area contributed by atoms with Gasteiger partial charge in [0.25, 0.3) is 0 Å². The molecule has 0 radical (unpaired) electrons. The molecule has 0 bridgehead atoms. The van der Waals surface area contributed by atoms with Crippen molar-refractivity contribution < 1.29 is 4.79 Å². The van der Waals surface area contributed by atoms with E-state index in [0.29, 0.717) is 29.6 Å². The maximum Gasteiger partial charge on any atom is 0.247 e. The van der Waals surface area contributed by atoms with Gasteiger partial charge in [-0.3, -0.25) is 9.78 Å². The van der Waals surface area contributed by atoms with Crippen molar-refractivity contribution in [1.29, 1.82) is 0 Å². The third-order valence-electron chi connectivity index (χ3n) is 4.49. The summed E-state index contributed by atoms with van der Waals surface area (Å²) < 4.78 is 0. The predicted molar refractivity (Wildman–Crippen MR) is 131 cm³/mol. The first-order valence-electron chi connectivity index (χ1n) is 9.69. The first-order valence-corrected chi connectivity index (χ1v) is 11.3. The molecule has 0 fully saturated rings. The molecule has 1 amide bonds. The van der Waals surface area contributed by atoms with Crippen molar-refractivity contribution in [2.45, 2.75) is 19.5 Å². The third-order valence-corrected chi connectivity index (χ3v) is 5.95. The van der Waals surface area contributed by atoms with Crippen LogP contribution >= 0.6 is 35.0 Å². The van der Waals surface area contributed by atoms with Crippen LogP contribution in [0.1, 0.15) is 16.8 Å². The summed E-state index contributed by atoms with van der Waals surface area (Å²) in [6.45, 7) is 5.00. The SMILES string of the molecule is C=C(Cc1c(Cl)cccc1Cl)S/C=C/C(=O)N(Cc1ccccc1)Cc1ccccn1. The molecule has 3 rings (SSSR count). The van der Waals surface area contributed by atoms with Crippen molar-refractivity contribution in [3.8, 4) is 0 Å². The molecule has 0 unspecified atom stereocenters. The molecule has 0 aliphatic rings. The number of rotatable bonds is 9. The van der Waals surface area contributed by atoms with E-state index in [1.54, 1.807) is 34.7 Å². The highest BCUT2D eigenvalue weighted by Crippen LogP contribution is 2.29. The Morgan fingerprint density at radius 1 is 0.968 bits per heavy atom. The Morgan fingerprint density at radius 2 is 1.68 bits per heavy atom. The van der Waals surface area contributed by atoms with Crippen LogP contribution in [0, 0.1) is 0 Å². The van der Waals surface area contributed by atoms with Crippen LogP contribution in [0.25, 0.3) is 0 Å².